The van der Waals surface area contributed by atoms with Crippen LogP contribution in [0.2, 0.25) is 0 Å². The number of aryl methyl sites for hydroxylation is 1. The van der Waals surface area contributed by atoms with Crippen LogP contribution in [0.4, 0.5) is 5.95 Å². The summed E-state index contributed by atoms with van der Waals surface area (Å²) < 4.78 is 0. The van der Waals surface area contributed by atoms with E-state index in [2.05, 4.69) is 21.2 Å². The highest BCUT2D eigenvalue weighted by atomic mass is 16.4. The van der Waals surface area contributed by atoms with Gasteiger partial charge in [-0.15, -0.1) is 6.42 Å². The molecule has 1 rings (SSSR count). The smallest absolute Gasteiger partial charge is 0.339 e. The highest BCUT2D eigenvalue weighted by Gasteiger charge is 2.08. The summed E-state index contributed by atoms with van der Waals surface area (Å²) in [5, 5.41) is 11.4. The number of hydrogen-bond acceptors (Lipinski definition) is 4. The Labute approximate surface area is 81.2 Å². The molecule has 72 valence electrons. The van der Waals surface area contributed by atoms with Gasteiger partial charge in [0, 0.05) is 6.20 Å². The van der Waals surface area contributed by atoms with Gasteiger partial charge in [-0.2, -0.15) is 0 Å². The number of terminal acetylenes is 1. The summed E-state index contributed by atoms with van der Waals surface area (Å²) in [5.41, 5.74) is 0.503. The van der Waals surface area contributed by atoms with Gasteiger partial charge in [-0.25, -0.2) is 14.8 Å². The van der Waals surface area contributed by atoms with Crippen molar-refractivity contribution in [1.29, 1.82) is 0 Å². The van der Waals surface area contributed by atoms with Gasteiger partial charge in [0.2, 0.25) is 5.95 Å². The Morgan fingerprint density at radius 2 is 2.50 bits per heavy atom. The van der Waals surface area contributed by atoms with E-state index in [-0.39, 0.29) is 5.56 Å². The fraction of sp³-hybridized carbons (Fsp3) is 0.222. The molecule has 14 heavy (non-hydrogen) atoms. The topological polar surface area (TPSA) is 75.1 Å². The number of nitrogens with zero attached hydrogens (tertiary/aromatic N) is 2. The number of hydrogen-bond donors (Lipinski definition) is 2. The van der Waals surface area contributed by atoms with Gasteiger partial charge < -0.3 is 10.4 Å². The molecule has 0 aliphatic carbocycles. The molecule has 1 heterocycles. The number of carboxylic acid groups (broad SMARTS) is 1. The molecule has 1 aromatic rings. The zero-order valence-electron chi connectivity index (χ0n) is 7.61. The molecule has 0 bridgehead atoms. The normalized spacial score (nSPS) is 9.14. The fourth-order valence-electron chi connectivity index (χ4n) is 0.892. The molecular formula is C9H9N3O2. The summed E-state index contributed by atoms with van der Waals surface area (Å²) >= 11 is 0. The Balaban J connectivity index is 2.90. The van der Waals surface area contributed by atoms with Crippen molar-refractivity contribution in [2.45, 2.75) is 6.92 Å². The van der Waals surface area contributed by atoms with Crippen LogP contribution in [0.3, 0.4) is 0 Å². The molecule has 0 radical (unpaired) electrons. The van der Waals surface area contributed by atoms with Crippen molar-refractivity contribution < 1.29 is 9.90 Å². The number of carboxylic acids is 1. The van der Waals surface area contributed by atoms with Crippen LogP contribution in [0, 0.1) is 19.3 Å². The van der Waals surface area contributed by atoms with Gasteiger partial charge >= 0.3 is 5.97 Å². The molecule has 1 aromatic heterocycles. The van der Waals surface area contributed by atoms with Crippen molar-refractivity contribution in [3.8, 4) is 12.3 Å². The van der Waals surface area contributed by atoms with E-state index in [0.717, 1.165) is 0 Å². The first kappa shape index (κ1) is 9.99. The molecule has 0 fully saturated rings. The quantitative estimate of drug-likeness (QED) is 0.681. The van der Waals surface area contributed by atoms with E-state index >= 15 is 0 Å². The predicted octanol–water partition coefficient (Wildman–Crippen LogP) is 0.528. The van der Waals surface area contributed by atoms with Crippen molar-refractivity contribution in [2.75, 3.05) is 11.9 Å². The summed E-state index contributed by atoms with van der Waals surface area (Å²) in [6.07, 6.45) is 6.28. The van der Waals surface area contributed by atoms with E-state index in [1.54, 1.807) is 6.92 Å². The summed E-state index contributed by atoms with van der Waals surface area (Å²) in [7, 11) is 0. The Morgan fingerprint density at radius 3 is 3.00 bits per heavy atom. The first-order valence-corrected chi connectivity index (χ1v) is 3.89. The Hall–Kier alpha value is -2.09. The maximum Gasteiger partial charge on any atom is 0.339 e. The first-order chi connectivity index (χ1) is 6.65. The molecule has 2 N–H and O–H groups in total. The largest absolute Gasteiger partial charge is 0.478 e. The molecule has 0 aromatic carbocycles. The number of rotatable bonds is 3. The molecule has 5 heteroatoms. The highest BCUT2D eigenvalue weighted by Crippen LogP contribution is 2.06. The number of anilines is 1. The zero-order valence-corrected chi connectivity index (χ0v) is 7.61. The molecule has 0 spiro atoms. The maximum atomic E-state index is 10.6. The third-order valence-electron chi connectivity index (χ3n) is 1.56. The van der Waals surface area contributed by atoms with Crippen LogP contribution in [-0.2, 0) is 0 Å². The van der Waals surface area contributed by atoms with Crippen LogP contribution >= 0.6 is 0 Å². The second kappa shape index (κ2) is 4.23. The van der Waals surface area contributed by atoms with Gasteiger partial charge in [0.15, 0.2) is 0 Å². The fourth-order valence-corrected chi connectivity index (χ4v) is 0.892. The molecule has 0 unspecified atom stereocenters. The van der Waals surface area contributed by atoms with Crippen LogP contribution in [0.1, 0.15) is 16.1 Å². The molecule has 0 aliphatic rings. The van der Waals surface area contributed by atoms with E-state index in [0.29, 0.717) is 18.2 Å². The highest BCUT2D eigenvalue weighted by molar-refractivity contribution is 5.88. The van der Waals surface area contributed by atoms with Crippen molar-refractivity contribution in [2.24, 2.45) is 0 Å². The monoisotopic (exact) mass is 191 g/mol. The van der Waals surface area contributed by atoms with E-state index in [1.165, 1.54) is 6.20 Å². The lowest BCUT2D eigenvalue weighted by Gasteiger charge is -2.03. The second-order valence-electron chi connectivity index (χ2n) is 2.56. The van der Waals surface area contributed by atoms with Crippen LogP contribution in [-0.4, -0.2) is 27.6 Å². The first-order valence-electron chi connectivity index (χ1n) is 3.89. The maximum absolute atomic E-state index is 10.6. The minimum Gasteiger partial charge on any atom is -0.478 e. The number of nitrogens with one attached hydrogen (secondary N) is 1. The Bertz CT molecular complexity index is 396. The van der Waals surface area contributed by atoms with E-state index < -0.39 is 5.97 Å². The van der Waals surface area contributed by atoms with E-state index in [9.17, 15) is 4.79 Å². The standard InChI is InChI=1S/C9H9N3O2/c1-3-4-10-9-11-5-7(8(13)14)6(2)12-9/h1,5H,4H2,2H3,(H,13,14)(H,10,11,12). The van der Waals surface area contributed by atoms with Crippen LogP contribution in [0.25, 0.3) is 0 Å². The summed E-state index contributed by atoms with van der Waals surface area (Å²) in [5.74, 6) is 1.67. The lowest BCUT2D eigenvalue weighted by molar-refractivity contribution is 0.0695. The van der Waals surface area contributed by atoms with Gasteiger partial charge in [0.1, 0.15) is 0 Å². The molecule has 0 atom stereocenters. The van der Waals surface area contributed by atoms with E-state index in [4.69, 9.17) is 11.5 Å². The molecule has 0 saturated heterocycles. The molecule has 0 saturated carbocycles. The van der Waals surface area contributed by atoms with E-state index in [1.807, 2.05) is 0 Å². The molecule has 0 aliphatic heterocycles. The Morgan fingerprint density at radius 1 is 1.79 bits per heavy atom. The summed E-state index contributed by atoms with van der Waals surface area (Å²) in [6, 6.07) is 0. The minimum atomic E-state index is -1.04. The van der Waals surface area contributed by atoms with Crippen molar-refractivity contribution in [1.82, 2.24) is 9.97 Å². The Kier molecular flexibility index (Phi) is 3.02. The van der Waals surface area contributed by atoms with Crippen molar-refractivity contribution in [3.63, 3.8) is 0 Å². The molecule has 5 nitrogen and oxygen atoms in total. The second-order valence-corrected chi connectivity index (χ2v) is 2.56. The summed E-state index contributed by atoms with van der Waals surface area (Å²) in [6.45, 7) is 1.91. The lowest BCUT2D eigenvalue weighted by Crippen LogP contribution is -2.08. The molecule has 0 amide bonds. The van der Waals surface area contributed by atoms with Gasteiger partial charge in [0.05, 0.1) is 17.8 Å². The third-order valence-corrected chi connectivity index (χ3v) is 1.56. The zero-order chi connectivity index (χ0) is 10.6. The number of carbonyl (C=O) groups is 1. The number of aromatic nitrogens is 2. The average molecular weight is 191 g/mol. The van der Waals surface area contributed by atoms with Crippen LogP contribution in [0.5, 0.6) is 0 Å². The van der Waals surface area contributed by atoms with Gasteiger partial charge in [-0.05, 0) is 6.92 Å². The van der Waals surface area contributed by atoms with Gasteiger partial charge in [-0.1, -0.05) is 5.92 Å². The predicted molar refractivity (Wildman–Crippen MR) is 51.1 cm³/mol. The summed E-state index contributed by atoms with van der Waals surface area (Å²) in [4.78, 5) is 18.3. The molecular weight excluding hydrogens is 182 g/mol. The lowest BCUT2D eigenvalue weighted by atomic mass is 10.2. The number of aromatic carboxylic acids is 1. The van der Waals surface area contributed by atoms with Crippen molar-refractivity contribution in [3.05, 3.63) is 17.5 Å². The van der Waals surface area contributed by atoms with Gasteiger partial charge in [0.25, 0.3) is 0 Å². The van der Waals surface area contributed by atoms with Gasteiger partial charge in [-0.3, -0.25) is 0 Å². The van der Waals surface area contributed by atoms with Crippen LogP contribution < -0.4 is 5.32 Å². The minimum absolute atomic E-state index is 0.0938. The van der Waals surface area contributed by atoms with Crippen LogP contribution in [0.15, 0.2) is 6.20 Å². The SMILES string of the molecule is C#CCNc1ncc(C(=O)O)c(C)n1. The average Bonchev–Trinajstić information content (AvgIpc) is 2.14. The third kappa shape index (κ3) is 2.20. The van der Waals surface area contributed by atoms with Crippen molar-refractivity contribution >= 4 is 11.9 Å².